The monoisotopic (exact) mass is 534 g/mol. The Labute approximate surface area is 198 Å². The first-order chi connectivity index (χ1) is 13.6. The molecule has 1 aliphatic carbocycles. The highest BCUT2D eigenvalue weighted by Gasteiger charge is 2.44. The van der Waals surface area contributed by atoms with E-state index in [4.69, 9.17) is 21.3 Å². The van der Waals surface area contributed by atoms with Crippen LogP contribution in [0.4, 0.5) is 0 Å². The molecule has 0 spiro atoms. The van der Waals surface area contributed by atoms with Crippen LogP contribution in [0.15, 0.2) is 29.3 Å². The summed E-state index contributed by atoms with van der Waals surface area (Å²) >= 11 is 6.20. The van der Waals surface area contributed by atoms with Crippen LogP contribution in [0.1, 0.15) is 44.6 Å². The van der Waals surface area contributed by atoms with Gasteiger partial charge in [0.15, 0.2) is 5.96 Å². The molecule has 0 atom stereocenters. The lowest BCUT2D eigenvalue weighted by Gasteiger charge is -2.33. The van der Waals surface area contributed by atoms with Gasteiger partial charge in [-0.25, -0.2) is 0 Å². The average Bonchev–Trinajstić information content (AvgIpc) is 3.49. The van der Waals surface area contributed by atoms with Gasteiger partial charge < -0.3 is 20.3 Å². The lowest BCUT2D eigenvalue weighted by atomic mass is 9.96. The number of ether oxygens (including phenoxy) is 1. The molecule has 29 heavy (non-hydrogen) atoms. The molecule has 1 saturated carbocycles. The van der Waals surface area contributed by atoms with E-state index < -0.39 is 0 Å². The SMILES string of the molecule is CCNC(=NCC1(c2cccc(Cl)c2)CC1)NC1CCN(CCCOC)CC1.I. The summed E-state index contributed by atoms with van der Waals surface area (Å²) in [4.78, 5) is 7.49. The van der Waals surface area contributed by atoms with Gasteiger partial charge in [0.2, 0.25) is 0 Å². The summed E-state index contributed by atoms with van der Waals surface area (Å²) in [5.74, 6) is 0.952. The predicted octanol–water partition coefficient (Wildman–Crippen LogP) is 4.05. The van der Waals surface area contributed by atoms with Crippen molar-refractivity contribution < 1.29 is 4.74 Å². The number of nitrogens with zero attached hydrogens (tertiary/aromatic N) is 2. The third-order valence-corrected chi connectivity index (χ3v) is 6.16. The smallest absolute Gasteiger partial charge is 0.191 e. The van der Waals surface area contributed by atoms with E-state index >= 15 is 0 Å². The summed E-state index contributed by atoms with van der Waals surface area (Å²) in [5.41, 5.74) is 1.50. The van der Waals surface area contributed by atoms with E-state index in [1.54, 1.807) is 7.11 Å². The topological polar surface area (TPSA) is 48.9 Å². The third kappa shape index (κ3) is 7.56. The zero-order valence-electron chi connectivity index (χ0n) is 17.8. The Bertz CT molecular complexity index is 645. The van der Waals surface area contributed by atoms with E-state index in [1.807, 2.05) is 12.1 Å². The second-order valence-electron chi connectivity index (χ2n) is 8.09. The minimum Gasteiger partial charge on any atom is -0.385 e. The largest absolute Gasteiger partial charge is 0.385 e. The number of piperidine rings is 1. The second-order valence-corrected chi connectivity index (χ2v) is 8.53. The zero-order chi connectivity index (χ0) is 19.8. The number of nitrogens with one attached hydrogen (secondary N) is 2. The minimum atomic E-state index is 0. The van der Waals surface area contributed by atoms with Crippen molar-refractivity contribution in [1.82, 2.24) is 15.5 Å². The van der Waals surface area contributed by atoms with Gasteiger partial charge in [-0.3, -0.25) is 4.99 Å². The molecule has 2 aliphatic rings. The summed E-state index contributed by atoms with van der Waals surface area (Å²) in [5, 5.41) is 7.91. The van der Waals surface area contributed by atoms with Crippen molar-refractivity contribution in [1.29, 1.82) is 0 Å². The van der Waals surface area contributed by atoms with Crippen LogP contribution in [-0.2, 0) is 10.2 Å². The predicted molar refractivity (Wildman–Crippen MR) is 133 cm³/mol. The van der Waals surface area contributed by atoms with Gasteiger partial charge in [-0.15, -0.1) is 24.0 Å². The quantitative estimate of drug-likeness (QED) is 0.217. The maximum Gasteiger partial charge on any atom is 0.191 e. The molecule has 0 aromatic heterocycles. The Kier molecular flexibility index (Phi) is 10.5. The van der Waals surface area contributed by atoms with Gasteiger partial charge in [0, 0.05) is 56.4 Å². The molecule has 1 aromatic rings. The van der Waals surface area contributed by atoms with Crippen LogP contribution in [0.5, 0.6) is 0 Å². The minimum absolute atomic E-state index is 0. The molecular formula is C22H36ClIN4O. The summed E-state index contributed by atoms with van der Waals surface area (Å²) in [7, 11) is 1.77. The number of methoxy groups -OCH3 is 1. The Morgan fingerprint density at radius 2 is 2.07 bits per heavy atom. The standard InChI is InChI=1S/C22H35ClN4O.HI/c1-3-24-21(26-20-8-13-27(14-9-20)12-5-15-28-2)25-17-22(10-11-22)18-6-4-7-19(23)16-18;/h4,6-7,16,20H,3,5,8-15,17H2,1-2H3,(H2,24,25,26);1H. The second kappa shape index (κ2) is 12.3. The fourth-order valence-corrected chi connectivity index (χ4v) is 4.17. The number of guanidine groups is 1. The number of likely N-dealkylation sites (tertiary alicyclic amines) is 1. The molecule has 3 rings (SSSR count). The Morgan fingerprint density at radius 3 is 2.69 bits per heavy atom. The van der Waals surface area contributed by atoms with Crippen LogP contribution in [0.2, 0.25) is 5.02 Å². The first-order valence-corrected chi connectivity index (χ1v) is 11.1. The maximum absolute atomic E-state index is 6.20. The van der Waals surface area contributed by atoms with Gasteiger partial charge in [0.05, 0.1) is 6.54 Å². The van der Waals surface area contributed by atoms with E-state index in [9.17, 15) is 0 Å². The fourth-order valence-electron chi connectivity index (χ4n) is 3.98. The molecule has 5 nitrogen and oxygen atoms in total. The van der Waals surface area contributed by atoms with Crippen LogP contribution in [0.3, 0.4) is 0 Å². The van der Waals surface area contributed by atoms with Gasteiger partial charge in [-0.1, -0.05) is 23.7 Å². The Balaban J connectivity index is 0.00000300. The van der Waals surface area contributed by atoms with Crippen LogP contribution in [0.25, 0.3) is 0 Å². The van der Waals surface area contributed by atoms with Crippen LogP contribution >= 0.6 is 35.6 Å². The van der Waals surface area contributed by atoms with Gasteiger partial charge in [-0.2, -0.15) is 0 Å². The maximum atomic E-state index is 6.20. The summed E-state index contributed by atoms with van der Waals surface area (Å²) in [6, 6.07) is 8.78. The zero-order valence-corrected chi connectivity index (χ0v) is 20.8. The van der Waals surface area contributed by atoms with Gasteiger partial charge >= 0.3 is 0 Å². The molecule has 164 valence electrons. The third-order valence-electron chi connectivity index (χ3n) is 5.93. The summed E-state index contributed by atoms with van der Waals surface area (Å²) < 4.78 is 5.16. The molecular weight excluding hydrogens is 499 g/mol. The van der Waals surface area contributed by atoms with Crippen molar-refractivity contribution in [2.75, 3.05) is 46.4 Å². The molecule has 7 heteroatoms. The molecule has 0 radical (unpaired) electrons. The molecule has 1 aliphatic heterocycles. The van der Waals surface area contributed by atoms with Crippen molar-refractivity contribution in [2.45, 2.75) is 50.5 Å². The molecule has 1 saturated heterocycles. The number of hydrogen-bond acceptors (Lipinski definition) is 3. The highest BCUT2D eigenvalue weighted by atomic mass is 127. The van der Waals surface area contributed by atoms with Crippen molar-refractivity contribution in [2.24, 2.45) is 4.99 Å². The number of aliphatic imine (C=N–C) groups is 1. The van der Waals surface area contributed by atoms with Crippen LogP contribution in [-0.4, -0.2) is 63.3 Å². The highest BCUT2D eigenvalue weighted by Crippen LogP contribution is 2.48. The molecule has 2 fully saturated rings. The molecule has 0 bridgehead atoms. The fraction of sp³-hybridized carbons (Fsp3) is 0.682. The molecule has 1 heterocycles. The summed E-state index contributed by atoms with van der Waals surface area (Å²) in [6.07, 6.45) is 5.82. The number of benzene rings is 1. The Hall–Kier alpha value is -0.570. The first-order valence-electron chi connectivity index (χ1n) is 10.7. The van der Waals surface area contributed by atoms with E-state index in [0.717, 1.165) is 69.6 Å². The van der Waals surface area contributed by atoms with Gasteiger partial charge in [0.1, 0.15) is 0 Å². The van der Waals surface area contributed by atoms with E-state index in [2.05, 4.69) is 34.6 Å². The van der Waals surface area contributed by atoms with Crippen molar-refractivity contribution in [3.8, 4) is 0 Å². The van der Waals surface area contributed by atoms with Crippen molar-refractivity contribution in [3.05, 3.63) is 34.9 Å². The number of rotatable bonds is 9. The number of halogens is 2. The van der Waals surface area contributed by atoms with Gasteiger partial charge in [-0.05, 0) is 56.7 Å². The molecule has 0 unspecified atom stereocenters. The van der Waals surface area contributed by atoms with Crippen molar-refractivity contribution in [3.63, 3.8) is 0 Å². The van der Waals surface area contributed by atoms with Crippen LogP contribution < -0.4 is 10.6 Å². The Morgan fingerprint density at radius 1 is 1.31 bits per heavy atom. The van der Waals surface area contributed by atoms with Gasteiger partial charge in [0.25, 0.3) is 0 Å². The normalized spacial score (nSPS) is 19.5. The highest BCUT2D eigenvalue weighted by molar-refractivity contribution is 14.0. The average molecular weight is 535 g/mol. The van der Waals surface area contributed by atoms with E-state index in [0.29, 0.717) is 6.04 Å². The summed E-state index contributed by atoms with van der Waals surface area (Å²) in [6.45, 7) is 8.10. The number of hydrogen-bond donors (Lipinski definition) is 2. The van der Waals surface area contributed by atoms with E-state index in [1.165, 1.54) is 18.4 Å². The lowest BCUT2D eigenvalue weighted by Crippen LogP contribution is -2.49. The van der Waals surface area contributed by atoms with Crippen molar-refractivity contribution >= 4 is 41.5 Å². The lowest BCUT2D eigenvalue weighted by molar-refractivity contribution is 0.155. The van der Waals surface area contributed by atoms with E-state index in [-0.39, 0.29) is 29.4 Å². The van der Waals surface area contributed by atoms with Crippen LogP contribution in [0, 0.1) is 0 Å². The molecule has 2 N–H and O–H groups in total. The molecule has 0 amide bonds. The molecule has 1 aromatic carbocycles. The first kappa shape index (κ1) is 24.7.